The summed E-state index contributed by atoms with van der Waals surface area (Å²) in [4.78, 5) is 0. The van der Waals surface area contributed by atoms with E-state index in [0.717, 1.165) is 31.3 Å². The molecule has 76 valence electrons. The van der Waals surface area contributed by atoms with Gasteiger partial charge in [-0.25, -0.2) is 0 Å². The third-order valence-corrected chi connectivity index (χ3v) is 3.20. The Kier molecular flexibility index (Phi) is 1.83. The van der Waals surface area contributed by atoms with Crippen LogP contribution in [-0.4, -0.2) is 21.3 Å². The summed E-state index contributed by atoms with van der Waals surface area (Å²) in [7, 11) is 0. The van der Waals surface area contributed by atoms with Crippen LogP contribution >= 0.6 is 0 Å². The van der Waals surface area contributed by atoms with Gasteiger partial charge in [-0.15, -0.1) is 10.2 Å². The fraction of sp³-hybridized carbons (Fsp3) is 0.800. The van der Waals surface area contributed by atoms with E-state index in [4.69, 9.17) is 0 Å². The van der Waals surface area contributed by atoms with Gasteiger partial charge in [-0.3, -0.25) is 0 Å². The van der Waals surface area contributed by atoms with E-state index in [1.54, 1.807) is 0 Å². The minimum atomic E-state index is 0.365. The summed E-state index contributed by atoms with van der Waals surface area (Å²) in [5.74, 6) is 3.22. The smallest absolute Gasteiger partial charge is 0.149 e. The molecule has 0 saturated heterocycles. The number of hydrogen-bond acceptors (Lipinski definition) is 3. The summed E-state index contributed by atoms with van der Waals surface area (Å²) in [5.41, 5.74) is 0. The van der Waals surface area contributed by atoms with Crippen molar-refractivity contribution in [2.45, 2.75) is 38.8 Å². The first-order chi connectivity index (χ1) is 6.84. The van der Waals surface area contributed by atoms with Gasteiger partial charge in [0.2, 0.25) is 0 Å². The highest BCUT2D eigenvalue weighted by Gasteiger charge is 2.27. The van der Waals surface area contributed by atoms with Gasteiger partial charge in [0.25, 0.3) is 0 Å². The van der Waals surface area contributed by atoms with Crippen LogP contribution in [0.2, 0.25) is 0 Å². The van der Waals surface area contributed by atoms with E-state index in [2.05, 4.69) is 27.0 Å². The van der Waals surface area contributed by atoms with Gasteiger partial charge >= 0.3 is 0 Å². The van der Waals surface area contributed by atoms with Crippen LogP contribution in [0.3, 0.4) is 0 Å². The van der Waals surface area contributed by atoms with Crippen molar-refractivity contribution in [3.63, 3.8) is 0 Å². The normalized spacial score (nSPS) is 26.2. The van der Waals surface area contributed by atoms with Gasteiger partial charge in [0.15, 0.2) is 0 Å². The minimum absolute atomic E-state index is 0.365. The number of rotatable bonds is 2. The zero-order chi connectivity index (χ0) is 9.54. The maximum Gasteiger partial charge on any atom is 0.149 e. The third kappa shape index (κ3) is 1.34. The van der Waals surface area contributed by atoms with Crippen molar-refractivity contribution in [3.8, 4) is 0 Å². The summed E-state index contributed by atoms with van der Waals surface area (Å²) >= 11 is 0. The van der Waals surface area contributed by atoms with Gasteiger partial charge in [-0.1, -0.05) is 0 Å². The van der Waals surface area contributed by atoms with Gasteiger partial charge in [-0.05, 0) is 25.7 Å². The topological polar surface area (TPSA) is 42.7 Å². The molecule has 1 unspecified atom stereocenters. The molecular formula is C10H16N4. The first kappa shape index (κ1) is 8.41. The fourth-order valence-electron chi connectivity index (χ4n) is 2.13. The largest absolute Gasteiger partial charge is 0.312 e. The van der Waals surface area contributed by atoms with Crippen LogP contribution in [0.15, 0.2) is 0 Å². The Labute approximate surface area is 83.7 Å². The molecule has 0 spiro atoms. The molecule has 1 atom stereocenters. The molecule has 1 aromatic rings. The Hall–Kier alpha value is -0.900. The predicted molar refractivity (Wildman–Crippen MR) is 52.9 cm³/mol. The van der Waals surface area contributed by atoms with Crippen molar-refractivity contribution in [3.05, 3.63) is 11.6 Å². The highest BCUT2D eigenvalue weighted by molar-refractivity contribution is 5.05. The molecule has 4 nitrogen and oxygen atoms in total. The minimum Gasteiger partial charge on any atom is -0.312 e. The van der Waals surface area contributed by atoms with Gasteiger partial charge in [-0.2, -0.15) is 0 Å². The lowest BCUT2D eigenvalue weighted by Gasteiger charge is -2.21. The first-order valence-electron chi connectivity index (χ1n) is 5.50. The average Bonchev–Trinajstić information content (AvgIpc) is 2.88. The lowest BCUT2D eigenvalue weighted by Crippen LogP contribution is -2.32. The Bertz CT molecular complexity index is 340. The van der Waals surface area contributed by atoms with Crippen LogP contribution in [0.5, 0.6) is 0 Å². The molecule has 0 aromatic carbocycles. The quantitative estimate of drug-likeness (QED) is 0.757. The van der Waals surface area contributed by atoms with E-state index in [-0.39, 0.29) is 0 Å². The maximum absolute atomic E-state index is 4.30. The number of hydrogen-bond donors (Lipinski definition) is 1. The van der Waals surface area contributed by atoms with E-state index >= 15 is 0 Å². The van der Waals surface area contributed by atoms with Crippen LogP contribution in [0.1, 0.15) is 37.5 Å². The molecule has 3 rings (SSSR count). The molecular weight excluding hydrogens is 176 g/mol. The van der Waals surface area contributed by atoms with Gasteiger partial charge in [0, 0.05) is 19.5 Å². The second-order valence-electron chi connectivity index (χ2n) is 4.45. The SMILES string of the molecule is CC1NCCn2c(CC3CC3)nnc21. The molecule has 0 amide bonds. The Balaban J connectivity index is 1.89. The number of fused-ring (bicyclic) bond motifs is 1. The number of aromatic nitrogens is 3. The highest BCUT2D eigenvalue weighted by Crippen LogP contribution is 2.32. The standard InChI is InChI=1S/C10H16N4/c1-7-10-13-12-9(6-8-2-3-8)14(10)5-4-11-7/h7-8,11H,2-6H2,1H3. The summed E-state index contributed by atoms with van der Waals surface area (Å²) in [6.45, 7) is 4.24. The summed E-state index contributed by atoms with van der Waals surface area (Å²) < 4.78 is 2.31. The predicted octanol–water partition coefficient (Wildman–Crippen LogP) is 0.895. The molecule has 1 aliphatic heterocycles. The van der Waals surface area contributed by atoms with Crippen LogP contribution in [0.25, 0.3) is 0 Å². The second kappa shape index (κ2) is 3.05. The lowest BCUT2D eigenvalue weighted by molar-refractivity contribution is 0.428. The van der Waals surface area contributed by atoms with E-state index in [1.165, 1.54) is 18.7 Å². The zero-order valence-electron chi connectivity index (χ0n) is 8.53. The summed E-state index contributed by atoms with van der Waals surface area (Å²) in [6, 6.07) is 0.365. The van der Waals surface area contributed by atoms with E-state index in [9.17, 15) is 0 Å². The van der Waals surface area contributed by atoms with E-state index in [0.29, 0.717) is 6.04 Å². The van der Waals surface area contributed by atoms with Crippen molar-refractivity contribution < 1.29 is 0 Å². The Morgan fingerprint density at radius 2 is 2.29 bits per heavy atom. The van der Waals surface area contributed by atoms with Gasteiger partial charge in [0.05, 0.1) is 6.04 Å². The molecule has 1 saturated carbocycles. The fourth-order valence-corrected chi connectivity index (χ4v) is 2.13. The molecule has 1 aromatic heterocycles. The zero-order valence-corrected chi connectivity index (χ0v) is 8.53. The van der Waals surface area contributed by atoms with Crippen molar-refractivity contribution >= 4 is 0 Å². The molecule has 2 heterocycles. The van der Waals surface area contributed by atoms with Crippen LogP contribution in [-0.2, 0) is 13.0 Å². The van der Waals surface area contributed by atoms with Gasteiger partial charge < -0.3 is 9.88 Å². The van der Waals surface area contributed by atoms with Crippen molar-refractivity contribution in [2.75, 3.05) is 6.54 Å². The monoisotopic (exact) mass is 192 g/mol. The highest BCUT2D eigenvalue weighted by atomic mass is 15.3. The number of nitrogens with one attached hydrogen (secondary N) is 1. The average molecular weight is 192 g/mol. The maximum atomic E-state index is 4.30. The molecule has 0 radical (unpaired) electrons. The Morgan fingerprint density at radius 3 is 3.07 bits per heavy atom. The molecule has 4 heteroatoms. The van der Waals surface area contributed by atoms with Crippen LogP contribution in [0, 0.1) is 5.92 Å². The summed E-state index contributed by atoms with van der Waals surface area (Å²) in [6.07, 6.45) is 3.91. The van der Waals surface area contributed by atoms with Crippen LogP contribution in [0.4, 0.5) is 0 Å². The molecule has 0 bridgehead atoms. The molecule has 2 aliphatic rings. The van der Waals surface area contributed by atoms with Crippen LogP contribution < -0.4 is 5.32 Å². The summed E-state index contributed by atoms with van der Waals surface area (Å²) in [5, 5.41) is 12.0. The molecule has 1 N–H and O–H groups in total. The first-order valence-corrected chi connectivity index (χ1v) is 5.50. The number of nitrogens with zero attached hydrogens (tertiary/aromatic N) is 3. The van der Waals surface area contributed by atoms with Gasteiger partial charge in [0.1, 0.15) is 11.6 Å². The molecule has 14 heavy (non-hydrogen) atoms. The third-order valence-electron chi connectivity index (χ3n) is 3.20. The van der Waals surface area contributed by atoms with Crippen molar-refractivity contribution in [2.24, 2.45) is 5.92 Å². The van der Waals surface area contributed by atoms with E-state index in [1.807, 2.05) is 0 Å². The molecule has 1 fully saturated rings. The second-order valence-corrected chi connectivity index (χ2v) is 4.45. The van der Waals surface area contributed by atoms with Crippen molar-refractivity contribution in [1.82, 2.24) is 20.1 Å². The molecule has 1 aliphatic carbocycles. The van der Waals surface area contributed by atoms with E-state index < -0.39 is 0 Å². The van der Waals surface area contributed by atoms with Crippen molar-refractivity contribution in [1.29, 1.82) is 0 Å². The lowest BCUT2D eigenvalue weighted by atomic mass is 10.2. The Morgan fingerprint density at radius 1 is 1.43 bits per heavy atom.